The molecule has 10 rings (SSSR count). The molecule has 1 aromatic rings. The van der Waals surface area contributed by atoms with Crippen LogP contribution in [-0.4, -0.2) is 149 Å². The van der Waals surface area contributed by atoms with E-state index >= 15 is 0 Å². The average molecular weight is 455 g/mol. The second-order valence-corrected chi connectivity index (χ2v) is 13.8. The Balaban J connectivity index is 1.15. The number of hydrogen-bond acceptors (Lipinski definition) is 8. The van der Waals surface area contributed by atoms with Gasteiger partial charge in [-0.2, -0.15) is 0 Å². The fourth-order valence-electron chi connectivity index (χ4n) is 8.12. The van der Waals surface area contributed by atoms with E-state index in [0.717, 1.165) is 6.67 Å². The highest BCUT2D eigenvalue weighted by Crippen LogP contribution is 2.47. The van der Waals surface area contributed by atoms with E-state index in [1.807, 2.05) is 0 Å². The Morgan fingerprint density at radius 3 is 1.25 bits per heavy atom. The molecule has 32 heavy (non-hydrogen) atoms. The summed E-state index contributed by atoms with van der Waals surface area (Å²) in [5.74, 6) is 0. The van der Waals surface area contributed by atoms with E-state index in [1.165, 1.54) is 91.9 Å². The molecule has 9 heteroatoms. The van der Waals surface area contributed by atoms with Gasteiger partial charge in [0.2, 0.25) is 0 Å². The molecule has 0 amide bonds. The van der Waals surface area contributed by atoms with Gasteiger partial charge in [0.05, 0.1) is 57.8 Å². The summed E-state index contributed by atoms with van der Waals surface area (Å²) in [6.45, 7) is 15.7. The van der Waals surface area contributed by atoms with Gasteiger partial charge in [0.1, 0.15) is 0 Å². The Morgan fingerprint density at radius 2 is 0.875 bits per heavy atom. The highest BCUT2D eigenvalue weighted by Gasteiger charge is 2.57. The van der Waals surface area contributed by atoms with E-state index in [4.69, 9.17) is 0 Å². The average Bonchev–Trinajstić information content (AvgIpc) is 2.78. The molecule has 172 valence electrons. The topological polar surface area (TPSA) is 25.9 Å². The monoisotopic (exact) mass is 454 g/mol. The van der Waals surface area contributed by atoms with Crippen LogP contribution in [0.1, 0.15) is 0 Å². The van der Waals surface area contributed by atoms with Crippen molar-refractivity contribution in [3.05, 3.63) is 30.3 Å². The van der Waals surface area contributed by atoms with Gasteiger partial charge in [0.15, 0.2) is 0 Å². The molecule has 0 atom stereocenters. The number of nitrogens with zero attached hydrogens (tertiary/aromatic N) is 8. The lowest BCUT2D eigenvalue weighted by Crippen LogP contribution is -2.84. The molecule has 1 aromatic carbocycles. The third-order valence-corrected chi connectivity index (χ3v) is 11.4. The molecular weight excluding hydrogens is 419 g/mol. The van der Waals surface area contributed by atoms with Crippen molar-refractivity contribution >= 4 is 13.2 Å². The molecule has 8 bridgehead atoms. The van der Waals surface area contributed by atoms with Gasteiger partial charge in [-0.25, -0.2) is 0 Å². The molecule has 9 saturated heterocycles. The van der Waals surface area contributed by atoms with Crippen LogP contribution in [0, 0.1) is 0 Å². The van der Waals surface area contributed by atoms with Crippen LogP contribution in [0.15, 0.2) is 30.3 Å². The maximum absolute atomic E-state index is 2.96. The summed E-state index contributed by atoms with van der Waals surface area (Å²) in [5.41, 5.74) is 0.595. The highest BCUT2D eigenvalue weighted by atomic mass is 31.1. The van der Waals surface area contributed by atoms with Crippen molar-refractivity contribution in [1.29, 1.82) is 0 Å². The SMILES string of the molecule is c1ccc(P2CN(C34CN5CN(CN(C5)C3)C4)CN(C34CN5CN(CN(C5)C3)C4)C2)cc1. The molecular formula is C23H35N8P. The fourth-order valence-corrected chi connectivity index (χ4v) is 10.7. The summed E-state index contributed by atoms with van der Waals surface area (Å²) < 4.78 is 0. The molecule has 0 aromatic heterocycles. The third kappa shape index (κ3) is 2.95. The number of benzene rings is 1. The Morgan fingerprint density at radius 1 is 0.500 bits per heavy atom. The summed E-state index contributed by atoms with van der Waals surface area (Å²) in [4.78, 5) is 22.0. The second-order valence-electron chi connectivity index (χ2n) is 11.7. The lowest BCUT2D eigenvalue weighted by Gasteiger charge is -2.68. The van der Waals surface area contributed by atoms with Crippen molar-refractivity contribution in [2.45, 2.75) is 11.1 Å². The van der Waals surface area contributed by atoms with Crippen molar-refractivity contribution < 1.29 is 0 Å². The fraction of sp³-hybridized carbons (Fsp3) is 0.739. The zero-order chi connectivity index (χ0) is 20.9. The molecule has 0 radical (unpaired) electrons. The van der Waals surface area contributed by atoms with Crippen LogP contribution in [0.5, 0.6) is 0 Å². The Hall–Kier alpha value is -0.670. The largest absolute Gasteiger partial charge is 0.276 e. The van der Waals surface area contributed by atoms with Crippen LogP contribution in [0.4, 0.5) is 0 Å². The molecule has 0 aliphatic carbocycles. The van der Waals surface area contributed by atoms with Gasteiger partial charge < -0.3 is 0 Å². The molecule has 0 saturated carbocycles. The third-order valence-electron chi connectivity index (χ3n) is 8.99. The van der Waals surface area contributed by atoms with Gasteiger partial charge in [0.25, 0.3) is 0 Å². The highest BCUT2D eigenvalue weighted by molar-refractivity contribution is 7.65. The summed E-state index contributed by atoms with van der Waals surface area (Å²) >= 11 is 0. The molecule has 9 fully saturated rings. The minimum Gasteiger partial charge on any atom is -0.276 e. The van der Waals surface area contributed by atoms with Gasteiger partial charge in [-0.1, -0.05) is 30.3 Å². The van der Waals surface area contributed by atoms with Crippen LogP contribution in [0.3, 0.4) is 0 Å². The first-order valence-corrected chi connectivity index (χ1v) is 14.0. The minimum absolute atomic E-state index is 0.209. The quantitative estimate of drug-likeness (QED) is 0.559. The molecule has 9 aliphatic heterocycles. The lowest BCUT2D eigenvalue weighted by molar-refractivity contribution is -0.211. The van der Waals surface area contributed by atoms with Gasteiger partial charge in [-0.05, 0) is 13.2 Å². The van der Waals surface area contributed by atoms with Crippen molar-refractivity contribution in [3.63, 3.8) is 0 Å². The molecule has 0 spiro atoms. The number of rotatable bonds is 3. The predicted octanol–water partition coefficient (Wildman–Crippen LogP) is -0.600. The van der Waals surface area contributed by atoms with Crippen molar-refractivity contribution in [3.8, 4) is 0 Å². The molecule has 8 nitrogen and oxygen atoms in total. The van der Waals surface area contributed by atoms with E-state index in [2.05, 4.69) is 69.5 Å². The first-order valence-electron chi connectivity index (χ1n) is 12.3. The van der Waals surface area contributed by atoms with Crippen molar-refractivity contribution in [1.82, 2.24) is 39.2 Å². The molecule has 9 heterocycles. The predicted molar refractivity (Wildman–Crippen MR) is 126 cm³/mol. The van der Waals surface area contributed by atoms with Crippen LogP contribution in [0.25, 0.3) is 0 Å². The smallest absolute Gasteiger partial charge is 0.0608 e. The first kappa shape index (κ1) is 19.6. The summed E-state index contributed by atoms with van der Waals surface area (Å²) in [5, 5.41) is 1.59. The van der Waals surface area contributed by atoms with Crippen LogP contribution < -0.4 is 5.30 Å². The summed E-state index contributed by atoms with van der Waals surface area (Å²) in [6, 6.07) is 11.5. The number of hydrogen-bond donors (Lipinski definition) is 0. The maximum Gasteiger partial charge on any atom is 0.0608 e. The Labute approximate surface area is 192 Å². The van der Waals surface area contributed by atoms with Crippen LogP contribution >= 0.6 is 7.92 Å². The van der Waals surface area contributed by atoms with E-state index in [0.29, 0.717) is 11.1 Å². The summed E-state index contributed by atoms with van der Waals surface area (Å²) in [6.07, 6.45) is 2.52. The van der Waals surface area contributed by atoms with Crippen LogP contribution in [-0.2, 0) is 0 Å². The van der Waals surface area contributed by atoms with E-state index in [9.17, 15) is 0 Å². The van der Waals surface area contributed by atoms with Gasteiger partial charge in [-0.3, -0.25) is 39.2 Å². The van der Waals surface area contributed by atoms with Gasteiger partial charge >= 0.3 is 0 Å². The normalized spacial score (nSPS) is 52.1. The zero-order valence-electron chi connectivity index (χ0n) is 19.0. The minimum atomic E-state index is -0.209. The first-order chi connectivity index (χ1) is 15.6. The lowest BCUT2D eigenvalue weighted by atomic mass is 9.87. The molecule has 0 unspecified atom stereocenters. The molecule has 0 N–H and O–H groups in total. The Bertz CT molecular complexity index is 773. The van der Waals surface area contributed by atoms with Gasteiger partial charge in [0, 0.05) is 51.8 Å². The standard InChI is InChI=1S/C23H35N8P/c1-2-4-21(5-3-1)32-19-30(22-6-24-12-25(7-22)14-26(8-22)13-24)18-31(20-32)23-9-27-15-28(10-23)17-29(11-23)16-27/h1-5H,6-20H2. The van der Waals surface area contributed by atoms with E-state index < -0.39 is 0 Å². The maximum atomic E-state index is 2.96. The van der Waals surface area contributed by atoms with E-state index in [-0.39, 0.29) is 7.92 Å². The van der Waals surface area contributed by atoms with Crippen molar-refractivity contribution in [2.75, 3.05) is 98.5 Å². The van der Waals surface area contributed by atoms with Crippen molar-refractivity contribution in [2.24, 2.45) is 0 Å². The molecule has 9 aliphatic rings. The van der Waals surface area contributed by atoms with Crippen LogP contribution in [0.2, 0.25) is 0 Å². The zero-order valence-corrected chi connectivity index (χ0v) is 19.9. The second kappa shape index (κ2) is 6.94. The Kier molecular flexibility index (Phi) is 4.25. The van der Waals surface area contributed by atoms with Gasteiger partial charge in [-0.15, -0.1) is 0 Å². The summed E-state index contributed by atoms with van der Waals surface area (Å²) in [7, 11) is -0.209. The van der Waals surface area contributed by atoms with E-state index in [1.54, 1.807) is 5.30 Å².